The van der Waals surface area contributed by atoms with Gasteiger partial charge in [-0.2, -0.15) is 0 Å². The minimum atomic E-state index is -0.567. The number of hydrogen-bond donors (Lipinski definition) is 1. The molecule has 0 radical (unpaired) electrons. The zero-order valence-electron chi connectivity index (χ0n) is 6.26. The van der Waals surface area contributed by atoms with Crippen molar-refractivity contribution in [3.63, 3.8) is 0 Å². The summed E-state index contributed by atoms with van der Waals surface area (Å²) in [4.78, 5) is 0. The van der Waals surface area contributed by atoms with Crippen LogP contribution < -0.4 is 0 Å². The van der Waals surface area contributed by atoms with E-state index in [-0.39, 0.29) is 5.75 Å². The lowest BCUT2D eigenvalue weighted by molar-refractivity contribution is 0.430. The van der Waals surface area contributed by atoms with Crippen LogP contribution in [-0.2, 0) is 0 Å². The summed E-state index contributed by atoms with van der Waals surface area (Å²) in [6.45, 7) is 5.12. The van der Waals surface area contributed by atoms with Crippen molar-refractivity contribution in [1.82, 2.24) is 0 Å². The average molecular weight is 152 g/mol. The number of benzene rings is 1. The quantitative estimate of drug-likeness (QED) is 0.655. The normalized spacial score (nSPS) is 9.64. The van der Waals surface area contributed by atoms with Crippen LogP contribution in [0.4, 0.5) is 4.39 Å². The van der Waals surface area contributed by atoms with Crippen LogP contribution in [-0.4, -0.2) is 5.11 Å². The zero-order chi connectivity index (χ0) is 8.43. The molecule has 0 aliphatic rings. The third-order valence-corrected chi connectivity index (χ3v) is 1.63. The van der Waals surface area contributed by atoms with Gasteiger partial charge in [-0.05, 0) is 24.1 Å². The number of rotatable bonds is 1. The fraction of sp³-hybridized carbons (Fsp3) is 0.111. The molecule has 0 aliphatic heterocycles. The van der Waals surface area contributed by atoms with Crippen molar-refractivity contribution in [1.29, 1.82) is 0 Å². The molecule has 0 heterocycles. The van der Waals surface area contributed by atoms with Crippen molar-refractivity contribution in [3.05, 3.63) is 35.7 Å². The summed E-state index contributed by atoms with van der Waals surface area (Å²) >= 11 is 0. The zero-order valence-corrected chi connectivity index (χ0v) is 6.26. The van der Waals surface area contributed by atoms with E-state index < -0.39 is 5.82 Å². The molecule has 0 aliphatic carbocycles. The van der Waals surface area contributed by atoms with Gasteiger partial charge in [-0.1, -0.05) is 18.7 Å². The molecule has 1 aromatic carbocycles. The molecule has 1 N–H and O–H groups in total. The van der Waals surface area contributed by atoms with Gasteiger partial charge in [0.25, 0.3) is 0 Å². The molecule has 1 aromatic rings. The lowest BCUT2D eigenvalue weighted by atomic mass is 10.1. The molecule has 2 heteroatoms. The van der Waals surface area contributed by atoms with E-state index in [1.54, 1.807) is 19.1 Å². The molecular formula is C9H9FO. The smallest absolute Gasteiger partial charge is 0.168 e. The van der Waals surface area contributed by atoms with Gasteiger partial charge in [0.1, 0.15) is 0 Å². The molecule has 1 nitrogen and oxygen atoms in total. The summed E-state index contributed by atoms with van der Waals surface area (Å²) in [5.41, 5.74) is 1.14. The monoisotopic (exact) mass is 152 g/mol. The van der Waals surface area contributed by atoms with E-state index in [1.807, 2.05) is 0 Å². The highest BCUT2D eigenvalue weighted by molar-refractivity contribution is 5.53. The Bertz CT molecular complexity index is 292. The summed E-state index contributed by atoms with van der Waals surface area (Å²) in [6, 6.07) is 2.94. The molecule has 0 atom stereocenters. The fourth-order valence-corrected chi connectivity index (χ4v) is 0.907. The molecular weight excluding hydrogens is 143 g/mol. The second kappa shape index (κ2) is 2.74. The van der Waals surface area contributed by atoms with Crippen LogP contribution in [0.3, 0.4) is 0 Å². The third-order valence-electron chi connectivity index (χ3n) is 1.63. The SMILES string of the molecule is C=Cc1ccc(O)c(F)c1C. The Morgan fingerprint density at radius 3 is 2.73 bits per heavy atom. The van der Waals surface area contributed by atoms with Crippen LogP contribution in [0.15, 0.2) is 18.7 Å². The number of halogens is 1. The van der Waals surface area contributed by atoms with Gasteiger partial charge in [-0.25, -0.2) is 4.39 Å². The van der Waals surface area contributed by atoms with Crippen molar-refractivity contribution in [2.75, 3.05) is 0 Å². The molecule has 11 heavy (non-hydrogen) atoms. The van der Waals surface area contributed by atoms with Gasteiger partial charge >= 0.3 is 0 Å². The predicted octanol–water partition coefficient (Wildman–Crippen LogP) is 2.48. The van der Waals surface area contributed by atoms with Gasteiger partial charge < -0.3 is 5.11 Å². The van der Waals surface area contributed by atoms with E-state index >= 15 is 0 Å². The molecule has 0 amide bonds. The minimum Gasteiger partial charge on any atom is -0.505 e. The topological polar surface area (TPSA) is 20.2 Å². The average Bonchev–Trinajstić information content (AvgIpc) is 2.01. The predicted molar refractivity (Wildman–Crippen MR) is 42.9 cm³/mol. The Kier molecular flexibility index (Phi) is 1.94. The largest absolute Gasteiger partial charge is 0.505 e. The van der Waals surface area contributed by atoms with E-state index in [1.165, 1.54) is 6.07 Å². The first-order valence-electron chi connectivity index (χ1n) is 3.27. The van der Waals surface area contributed by atoms with E-state index in [2.05, 4.69) is 6.58 Å². The highest BCUT2D eigenvalue weighted by atomic mass is 19.1. The van der Waals surface area contributed by atoms with Crippen LogP contribution in [0.1, 0.15) is 11.1 Å². The van der Waals surface area contributed by atoms with Crippen LogP contribution in [0, 0.1) is 12.7 Å². The Balaban J connectivity index is 3.36. The first-order valence-corrected chi connectivity index (χ1v) is 3.27. The van der Waals surface area contributed by atoms with Gasteiger partial charge in [-0.15, -0.1) is 0 Å². The molecule has 1 rings (SSSR count). The Labute approximate surface area is 64.8 Å². The van der Waals surface area contributed by atoms with Crippen LogP contribution in [0.25, 0.3) is 6.08 Å². The number of phenolic OH excluding ortho intramolecular Hbond substituents is 1. The second-order valence-corrected chi connectivity index (χ2v) is 2.32. The summed E-state index contributed by atoms with van der Waals surface area (Å²) in [7, 11) is 0. The van der Waals surface area contributed by atoms with Gasteiger partial charge in [0, 0.05) is 0 Å². The van der Waals surface area contributed by atoms with Crippen molar-refractivity contribution in [2.24, 2.45) is 0 Å². The van der Waals surface area contributed by atoms with Gasteiger partial charge in [-0.3, -0.25) is 0 Å². The molecule has 0 bridgehead atoms. The van der Waals surface area contributed by atoms with Gasteiger partial charge in [0.15, 0.2) is 11.6 Å². The fourth-order valence-electron chi connectivity index (χ4n) is 0.907. The van der Waals surface area contributed by atoms with Crippen LogP contribution in [0.2, 0.25) is 0 Å². The number of aromatic hydroxyl groups is 1. The Morgan fingerprint density at radius 1 is 1.55 bits per heavy atom. The third kappa shape index (κ3) is 1.24. The molecule has 0 aromatic heterocycles. The summed E-state index contributed by atoms with van der Waals surface area (Å²) in [6.07, 6.45) is 1.55. The first kappa shape index (κ1) is 7.79. The van der Waals surface area contributed by atoms with Crippen molar-refractivity contribution in [2.45, 2.75) is 6.92 Å². The number of hydrogen-bond acceptors (Lipinski definition) is 1. The molecule has 0 saturated heterocycles. The van der Waals surface area contributed by atoms with E-state index in [0.29, 0.717) is 11.1 Å². The minimum absolute atomic E-state index is 0.312. The lowest BCUT2D eigenvalue weighted by Crippen LogP contribution is -1.86. The van der Waals surface area contributed by atoms with Crippen molar-refractivity contribution >= 4 is 6.08 Å². The summed E-state index contributed by atoms with van der Waals surface area (Å²) < 4.78 is 12.9. The van der Waals surface area contributed by atoms with Gasteiger partial charge in [0.2, 0.25) is 0 Å². The Morgan fingerprint density at radius 2 is 2.18 bits per heavy atom. The lowest BCUT2D eigenvalue weighted by Gasteiger charge is -2.02. The molecule has 0 unspecified atom stereocenters. The maximum atomic E-state index is 12.9. The second-order valence-electron chi connectivity index (χ2n) is 2.32. The summed E-state index contributed by atoms with van der Waals surface area (Å²) in [5.74, 6) is -0.879. The maximum Gasteiger partial charge on any atom is 0.168 e. The van der Waals surface area contributed by atoms with E-state index in [0.717, 1.165) is 0 Å². The molecule has 0 fully saturated rings. The van der Waals surface area contributed by atoms with Crippen LogP contribution in [0.5, 0.6) is 5.75 Å². The summed E-state index contributed by atoms with van der Waals surface area (Å²) in [5, 5.41) is 8.91. The maximum absolute atomic E-state index is 12.9. The van der Waals surface area contributed by atoms with E-state index in [9.17, 15) is 4.39 Å². The van der Waals surface area contributed by atoms with Crippen molar-refractivity contribution in [3.8, 4) is 5.75 Å². The van der Waals surface area contributed by atoms with Crippen molar-refractivity contribution < 1.29 is 9.50 Å². The first-order chi connectivity index (χ1) is 5.16. The highest BCUT2D eigenvalue weighted by Crippen LogP contribution is 2.22. The van der Waals surface area contributed by atoms with Gasteiger partial charge in [0.05, 0.1) is 0 Å². The standard InChI is InChI=1S/C9H9FO/c1-3-7-4-5-8(11)9(10)6(7)2/h3-5,11H,1H2,2H3. The van der Waals surface area contributed by atoms with Crippen LogP contribution >= 0.6 is 0 Å². The molecule has 0 spiro atoms. The Hall–Kier alpha value is -1.31. The molecule has 0 saturated carbocycles. The molecule has 58 valence electrons. The number of phenols is 1. The van der Waals surface area contributed by atoms with E-state index in [4.69, 9.17) is 5.11 Å². The highest BCUT2D eigenvalue weighted by Gasteiger charge is 2.05.